The first-order chi connectivity index (χ1) is 54.8. The SMILES string of the molecule is Cn1cc(CC(=O)c2csc(NC(C)(C)C)n2)cc1C(=O)C(C)(C)C.Cn1cc(CC(=O)c2csc(NC(C)(C)C)n2)cc1C(=O)Nc1cc(C(=O)C(C)(C)C)n(C)c1.Cn1cc(NC(C)(C)C)cc1C(=O)Cc1cc(C(=O)C(C)(C)C)n(C)c1.Cn1cc(NC(C)(C)C)cc1C(=O)Cc1cc(C(=O)Nc2cc(C(=O)C(C)(C)C)n(C)c2)n(C)c1. The molecule has 0 bridgehead atoms. The van der Waals surface area contributed by atoms with Gasteiger partial charge in [0, 0.05) is 186 Å². The van der Waals surface area contributed by atoms with Crippen LogP contribution >= 0.6 is 22.7 Å². The molecule has 0 saturated heterocycles. The molecule has 0 radical (unpaired) electrons. The van der Waals surface area contributed by atoms with Crippen molar-refractivity contribution >= 4 is 114 Å². The number of hydrogen-bond acceptors (Lipinski definition) is 18. The third-order valence-electron chi connectivity index (χ3n) is 18.5. The van der Waals surface area contributed by atoms with Gasteiger partial charge in [0.25, 0.3) is 11.8 Å². The number of ketones is 8. The minimum absolute atomic E-state index is 0.00157. The van der Waals surface area contributed by atoms with Crippen molar-refractivity contribution in [2.45, 2.75) is 214 Å². The van der Waals surface area contributed by atoms with Gasteiger partial charge in [-0.05, 0) is 154 Å². The monoisotopic (exact) mass is 1680 g/mol. The molecule has 6 N–H and O–H groups in total. The summed E-state index contributed by atoms with van der Waals surface area (Å²) in [5.41, 5.74) is 9.06. The fourth-order valence-corrected chi connectivity index (χ4v) is 14.7. The number of aromatic nitrogens is 10. The van der Waals surface area contributed by atoms with Crippen LogP contribution in [0.1, 0.15) is 293 Å². The third kappa shape index (κ3) is 27.0. The Balaban J connectivity index is 0.000000223. The number of hydrogen-bond donors (Lipinski definition) is 6. The first kappa shape index (κ1) is 96.1. The summed E-state index contributed by atoms with van der Waals surface area (Å²) < 4.78 is 14.1. The molecule has 26 nitrogen and oxygen atoms in total. The van der Waals surface area contributed by atoms with Gasteiger partial charge in [-0.1, -0.05) is 83.1 Å². The first-order valence-electron chi connectivity index (χ1n) is 40.1. The molecular weight excluding hydrogens is 1550 g/mol. The van der Waals surface area contributed by atoms with E-state index in [4.69, 9.17) is 0 Å². The van der Waals surface area contributed by atoms with Crippen molar-refractivity contribution in [3.8, 4) is 0 Å². The Labute approximate surface area is 716 Å². The number of thiazole rings is 2. The number of aryl methyl sites for hydroxylation is 8. The normalized spacial score (nSPS) is 12.1. The molecule has 0 unspecified atom stereocenters. The number of anilines is 6. The van der Waals surface area contributed by atoms with Gasteiger partial charge in [0.15, 0.2) is 56.5 Å². The minimum atomic E-state index is -0.520. The Hall–Kier alpha value is -11.0. The molecule has 648 valence electrons. The molecule has 0 atom stereocenters. The van der Waals surface area contributed by atoms with Crippen molar-refractivity contribution in [2.75, 3.05) is 31.9 Å². The molecule has 0 fully saturated rings. The molecule has 10 heterocycles. The predicted molar refractivity (Wildman–Crippen MR) is 484 cm³/mol. The second kappa shape index (κ2) is 36.9. The highest BCUT2D eigenvalue weighted by molar-refractivity contribution is 7.14. The lowest BCUT2D eigenvalue weighted by atomic mass is 9.89. The molecule has 10 aromatic rings. The fraction of sp³-hybridized carbons (Fsp3) is 0.478. The zero-order valence-corrected chi connectivity index (χ0v) is 78.2. The van der Waals surface area contributed by atoms with Crippen molar-refractivity contribution in [1.82, 2.24) is 46.5 Å². The second-order valence-electron chi connectivity index (χ2n) is 39.5. The van der Waals surface area contributed by atoms with Crippen molar-refractivity contribution in [1.29, 1.82) is 0 Å². The fourth-order valence-electron chi connectivity index (χ4n) is 12.8. The van der Waals surface area contributed by atoms with Crippen LogP contribution in [0.4, 0.5) is 33.0 Å². The van der Waals surface area contributed by atoms with Crippen LogP contribution in [-0.4, -0.2) is 127 Å². The summed E-state index contributed by atoms with van der Waals surface area (Å²) in [6, 6.07) is 14.2. The van der Waals surface area contributed by atoms with Gasteiger partial charge in [-0.2, -0.15) is 0 Å². The highest BCUT2D eigenvalue weighted by atomic mass is 32.1. The maximum atomic E-state index is 13.0. The van der Waals surface area contributed by atoms with Crippen LogP contribution in [0.5, 0.6) is 0 Å². The number of nitrogens with one attached hydrogen (secondary N) is 6. The van der Waals surface area contributed by atoms with E-state index < -0.39 is 21.7 Å². The number of carbonyl (C=O) groups is 10. The van der Waals surface area contributed by atoms with Crippen LogP contribution in [0.3, 0.4) is 0 Å². The maximum Gasteiger partial charge on any atom is 0.272 e. The molecule has 0 aliphatic rings. The summed E-state index contributed by atoms with van der Waals surface area (Å²) in [7, 11) is 14.5. The smallest absolute Gasteiger partial charge is 0.272 e. The van der Waals surface area contributed by atoms with E-state index in [1.807, 2.05) is 216 Å². The number of carbonyl (C=O) groups excluding carboxylic acids is 10. The van der Waals surface area contributed by atoms with Gasteiger partial charge in [-0.25, -0.2) is 9.97 Å². The Morgan fingerprint density at radius 2 is 0.492 bits per heavy atom. The van der Waals surface area contributed by atoms with E-state index in [1.165, 1.54) is 22.7 Å². The van der Waals surface area contributed by atoms with E-state index in [1.54, 1.807) is 111 Å². The first-order valence-corrected chi connectivity index (χ1v) is 41.8. The minimum Gasteiger partial charge on any atom is -0.379 e. The van der Waals surface area contributed by atoms with Gasteiger partial charge in [-0.3, -0.25) is 47.9 Å². The Morgan fingerprint density at radius 1 is 0.275 bits per heavy atom. The molecule has 0 saturated carbocycles. The van der Waals surface area contributed by atoms with Gasteiger partial charge in [-0.15, -0.1) is 22.7 Å². The van der Waals surface area contributed by atoms with Crippen LogP contribution in [0.2, 0.25) is 0 Å². The van der Waals surface area contributed by atoms with E-state index in [2.05, 4.69) is 83.4 Å². The third-order valence-corrected chi connectivity index (χ3v) is 20.0. The second-order valence-corrected chi connectivity index (χ2v) is 41.2. The highest BCUT2D eigenvalue weighted by Crippen LogP contribution is 2.31. The summed E-state index contributed by atoms with van der Waals surface area (Å²) in [5, 5.41) is 24.0. The van der Waals surface area contributed by atoms with Gasteiger partial charge in [0.1, 0.15) is 22.8 Å². The average Bonchev–Trinajstić information content (AvgIpc) is 1.66. The topological polar surface area (TPSA) is 308 Å². The van der Waals surface area contributed by atoms with Crippen LogP contribution in [-0.2, 0) is 82.1 Å². The van der Waals surface area contributed by atoms with E-state index in [0.29, 0.717) is 73.4 Å². The molecule has 0 aliphatic heterocycles. The van der Waals surface area contributed by atoms with E-state index in [-0.39, 0.29) is 106 Å². The van der Waals surface area contributed by atoms with Crippen LogP contribution < -0.4 is 31.9 Å². The summed E-state index contributed by atoms with van der Waals surface area (Å²) in [5.74, 6) is -0.611. The Morgan fingerprint density at radius 3 is 0.758 bits per heavy atom. The summed E-state index contributed by atoms with van der Waals surface area (Å²) >= 11 is 2.83. The number of rotatable bonds is 24. The lowest BCUT2D eigenvalue weighted by Gasteiger charge is -2.20. The number of amides is 2. The van der Waals surface area contributed by atoms with Gasteiger partial charge in [0.2, 0.25) is 0 Å². The Kier molecular flexibility index (Phi) is 29.6. The van der Waals surface area contributed by atoms with E-state index >= 15 is 0 Å². The zero-order valence-electron chi connectivity index (χ0n) is 76.6. The predicted octanol–water partition coefficient (Wildman–Crippen LogP) is 18.3. The van der Waals surface area contributed by atoms with Gasteiger partial charge < -0.3 is 68.4 Å². The standard InChI is InChI=1S/C27H37N5O3.C25H33N5O3S.C21H31N3O2.C19H27N3O2S/c1-26(2,3)24(34)21-12-18(15-32(21)9)28-25(35)22-10-17(14-30(22)7)11-23(33)20-13-19(16-31(20)8)29-27(4,5)6;1-24(2,3)21(32)18-11-16(13-30(18)8)26-22(33)19-9-15(12-29(19)7)10-20(31)17-14-34-23(27-17)28-25(4,5)6;1-20(2,3)19(26)17-9-14(12-23(17)7)10-18(25)16-11-15(13-24(16)8)22-21(4,5)6;1-18(2,3)16(24)14-8-12(10-22(14)7)9-15(23)13-11-25-17(20-13)21-19(4,5)6/h10,12-16,29H,11H2,1-9H3,(H,28,35);9,11-14H,10H2,1-8H3,(H,26,33)(H,27,28);9,11-13,22H,10H2,1-8H3;8,10-11H,9H2,1-7H3,(H,20,21). The van der Waals surface area contributed by atoms with Crippen molar-refractivity contribution in [3.05, 3.63) is 188 Å². The van der Waals surface area contributed by atoms with Gasteiger partial charge in [0.05, 0.1) is 56.9 Å². The largest absolute Gasteiger partial charge is 0.379 e. The molecular formula is C92H128N16O10S2. The van der Waals surface area contributed by atoms with Crippen LogP contribution in [0.25, 0.3) is 0 Å². The molecule has 2 amide bonds. The zero-order chi connectivity index (χ0) is 90.6. The Bertz CT molecular complexity index is 5440. The molecule has 10 aromatic heterocycles. The van der Waals surface area contributed by atoms with Gasteiger partial charge >= 0.3 is 0 Å². The molecule has 120 heavy (non-hydrogen) atoms. The summed E-state index contributed by atoms with van der Waals surface area (Å²) in [4.78, 5) is 136. The molecule has 28 heteroatoms. The lowest BCUT2D eigenvalue weighted by molar-refractivity contribution is 0.0843. The van der Waals surface area contributed by atoms with Crippen molar-refractivity contribution in [2.24, 2.45) is 78.0 Å². The quantitative estimate of drug-likeness (QED) is 0.0306. The molecule has 10 rings (SSSR count). The van der Waals surface area contributed by atoms with E-state index in [9.17, 15) is 47.9 Å². The van der Waals surface area contributed by atoms with Crippen LogP contribution in [0.15, 0.2) is 109 Å². The average molecular weight is 1680 g/mol. The van der Waals surface area contributed by atoms with Crippen LogP contribution in [0, 0.1) is 21.7 Å². The maximum absolute atomic E-state index is 13.0. The van der Waals surface area contributed by atoms with E-state index in [0.717, 1.165) is 38.8 Å². The van der Waals surface area contributed by atoms with Crippen molar-refractivity contribution in [3.63, 3.8) is 0 Å². The summed E-state index contributed by atoms with van der Waals surface area (Å²) in [6.07, 6.45) is 15.4. The lowest BCUT2D eigenvalue weighted by Crippen LogP contribution is -2.26. The number of Topliss-reactive ketones (excluding diaryl/α,β-unsaturated/α-hetero) is 8. The molecule has 0 aliphatic carbocycles. The van der Waals surface area contributed by atoms with Crippen molar-refractivity contribution < 1.29 is 47.9 Å². The molecule has 0 aromatic carbocycles. The number of nitrogens with zero attached hydrogens (tertiary/aromatic N) is 10. The highest BCUT2D eigenvalue weighted by Gasteiger charge is 2.32. The summed E-state index contributed by atoms with van der Waals surface area (Å²) in [6.45, 7) is 47.3. The molecule has 0 spiro atoms.